The average Bonchev–Trinajstić information content (AvgIpc) is 2.99. The highest BCUT2D eigenvalue weighted by atomic mass is 14.8. The molecule has 0 radical (unpaired) electrons. The maximum atomic E-state index is 5.30. The van der Waals surface area contributed by atoms with E-state index in [1.54, 1.807) is 0 Å². The van der Waals surface area contributed by atoms with Gasteiger partial charge in [-0.3, -0.25) is 0 Å². The lowest BCUT2D eigenvalue weighted by Crippen LogP contribution is -2.01. The average molecular weight is 489 g/mol. The molecule has 0 saturated carbocycles. The van der Waals surface area contributed by atoms with Crippen molar-refractivity contribution < 1.29 is 0 Å². The monoisotopic (exact) mass is 488 g/mol. The van der Waals surface area contributed by atoms with Crippen LogP contribution < -0.4 is 0 Å². The highest BCUT2D eigenvalue weighted by molar-refractivity contribution is 5.85. The van der Waals surface area contributed by atoms with Crippen LogP contribution in [-0.2, 0) is 0 Å². The van der Waals surface area contributed by atoms with Crippen LogP contribution in [0, 0.1) is 13.8 Å². The zero-order valence-corrected chi connectivity index (χ0v) is 21.6. The molecule has 0 aliphatic heterocycles. The summed E-state index contributed by atoms with van der Waals surface area (Å²) >= 11 is 0. The smallest absolute Gasteiger partial charge is 0.0973 e. The summed E-state index contributed by atoms with van der Waals surface area (Å²) in [6.07, 6.45) is 0. The summed E-state index contributed by atoms with van der Waals surface area (Å²) < 4.78 is 0. The molecule has 182 valence electrons. The van der Waals surface area contributed by atoms with Crippen molar-refractivity contribution in [3.8, 4) is 56.0 Å². The number of aryl methyl sites for hydroxylation is 2. The second-order valence-corrected chi connectivity index (χ2v) is 9.56. The number of aromatic nitrogens is 2. The Hall–Kier alpha value is -4.82. The minimum absolute atomic E-state index is 0.889. The summed E-state index contributed by atoms with van der Waals surface area (Å²) in [7, 11) is 0. The van der Waals surface area contributed by atoms with Gasteiger partial charge >= 0.3 is 0 Å². The van der Waals surface area contributed by atoms with Crippen molar-refractivity contribution >= 4 is 0 Å². The molecule has 0 atom stereocenters. The molecule has 1 heterocycles. The Morgan fingerprint density at radius 1 is 0.368 bits per heavy atom. The molecule has 0 saturated heterocycles. The van der Waals surface area contributed by atoms with E-state index in [0.29, 0.717) is 0 Å². The van der Waals surface area contributed by atoms with Crippen LogP contribution in [0.4, 0.5) is 0 Å². The van der Waals surface area contributed by atoms with Crippen LogP contribution in [-0.4, -0.2) is 9.97 Å². The Bertz CT molecular complexity index is 1710. The van der Waals surface area contributed by atoms with Gasteiger partial charge in [0.05, 0.1) is 22.8 Å². The Labute approximate surface area is 224 Å². The molecule has 0 fully saturated rings. The fourth-order valence-electron chi connectivity index (χ4n) is 4.94. The van der Waals surface area contributed by atoms with E-state index in [4.69, 9.17) is 9.97 Å². The molecule has 0 aliphatic rings. The molecule has 6 rings (SSSR count). The fraction of sp³-hybridized carbons (Fsp3) is 0.0556. The first-order valence-corrected chi connectivity index (χ1v) is 12.9. The lowest BCUT2D eigenvalue weighted by atomic mass is 9.94. The van der Waals surface area contributed by atoms with E-state index < -0.39 is 0 Å². The van der Waals surface area contributed by atoms with Crippen LogP contribution in [0.3, 0.4) is 0 Å². The zero-order valence-electron chi connectivity index (χ0n) is 21.6. The van der Waals surface area contributed by atoms with Crippen LogP contribution in [0.5, 0.6) is 0 Å². The second kappa shape index (κ2) is 10.3. The molecule has 1 aromatic heterocycles. The summed E-state index contributed by atoms with van der Waals surface area (Å²) in [5, 5.41) is 0. The minimum Gasteiger partial charge on any atom is -0.249 e. The Balaban J connectivity index is 1.59. The third-order valence-electron chi connectivity index (χ3n) is 6.96. The normalized spacial score (nSPS) is 10.9. The number of hydrogen-bond acceptors (Lipinski definition) is 2. The number of rotatable bonds is 5. The third-order valence-corrected chi connectivity index (χ3v) is 6.96. The van der Waals surface area contributed by atoms with Gasteiger partial charge in [-0.2, -0.15) is 0 Å². The summed E-state index contributed by atoms with van der Waals surface area (Å²) in [5.41, 5.74) is 12.7. The van der Waals surface area contributed by atoms with E-state index in [-0.39, 0.29) is 0 Å². The predicted octanol–water partition coefficient (Wildman–Crippen LogP) is 9.43. The third kappa shape index (κ3) is 4.65. The van der Waals surface area contributed by atoms with Gasteiger partial charge in [0.2, 0.25) is 0 Å². The van der Waals surface area contributed by atoms with E-state index in [0.717, 1.165) is 45.0 Å². The molecule has 6 aromatic rings. The Kier molecular flexibility index (Phi) is 6.37. The van der Waals surface area contributed by atoms with E-state index in [2.05, 4.69) is 117 Å². The molecule has 0 aliphatic carbocycles. The first-order chi connectivity index (χ1) is 18.7. The van der Waals surface area contributed by atoms with Gasteiger partial charge in [0, 0.05) is 16.7 Å². The van der Waals surface area contributed by atoms with Crippen molar-refractivity contribution in [1.29, 1.82) is 0 Å². The summed E-state index contributed by atoms with van der Waals surface area (Å²) in [4.78, 5) is 10.5. The molecular formula is C36H28N2. The van der Waals surface area contributed by atoms with E-state index in [9.17, 15) is 0 Å². The maximum absolute atomic E-state index is 5.30. The molecule has 2 heteroatoms. The number of nitrogens with zero attached hydrogens (tertiary/aromatic N) is 2. The second-order valence-electron chi connectivity index (χ2n) is 9.56. The highest BCUT2D eigenvalue weighted by Gasteiger charge is 2.18. The predicted molar refractivity (Wildman–Crippen MR) is 159 cm³/mol. The van der Waals surface area contributed by atoms with Crippen LogP contribution in [0.15, 0.2) is 133 Å². The first kappa shape index (κ1) is 23.6. The highest BCUT2D eigenvalue weighted by Crippen LogP contribution is 2.37. The molecule has 0 unspecified atom stereocenters. The van der Waals surface area contributed by atoms with Gasteiger partial charge in [-0.15, -0.1) is 0 Å². The lowest BCUT2D eigenvalue weighted by Gasteiger charge is -2.17. The van der Waals surface area contributed by atoms with Crippen molar-refractivity contribution in [2.45, 2.75) is 13.8 Å². The van der Waals surface area contributed by atoms with Crippen LogP contribution in [0.25, 0.3) is 56.0 Å². The Morgan fingerprint density at radius 2 is 0.895 bits per heavy atom. The summed E-state index contributed by atoms with van der Waals surface area (Å²) in [6, 6.07) is 46.6. The Morgan fingerprint density at radius 3 is 1.53 bits per heavy atom. The molecule has 0 spiro atoms. The topological polar surface area (TPSA) is 25.8 Å². The van der Waals surface area contributed by atoms with Gasteiger partial charge in [0.1, 0.15) is 0 Å². The van der Waals surface area contributed by atoms with E-state index in [1.165, 1.54) is 22.3 Å². The SMILES string of the molecule is Cc1ccc(-c2ccccc2)cc1-c1nc(C)c(-c2ccccc2)nc1-c1cccc(-c2ccccc2)c1. The van der Waals surface area contributed by atoms with Gasteiger partial charge in [0.25, 0.3) is 0 Å². The summed E-state index contributed by atoms with van der Waals surface area (Å²) in [6.45, 7) is 4.20. The number of hydrogen-bond donors (Lipinski definition) is 0. The molecule has 0 N–H and O–H groups in total. The van der Waals surface area contributed by atoms with Gasteiger partial charge in [-0.1, -0.05) is 121 Å². The van der Waals surface area contributed by atoms with Gasteiger partial charge in [-0.25, -0.2) is 9.97 Å². The maximum Gasteiger partial charge on any atom is 0.0973 e. The standard InChI is InChI=1S/C36H28N2/c1-25-21-22-31(28-15-8-4-9-16-28)24-33(25)36-35(38-34(26(2)37-36)29-17-10-5-11-18-29)32-20-12-19-30(23-32)27-13-6-3-7-14-27/h3-24H,1-2H3. The van der Waals surface area contributed by atoms with E-state index >= 15 is 0 Å². The first-order valence-electron chi connectivity index (χ1n) is 12.9. The van der Waals surface area contributed by atoms with Crippen molar-refractivity contribution in [1.82, 2.24) is 9.97 Å². The fourth-order valence-corrected chi connectivity index (χ4v) is 4.94. The number of benzene rings is 5. The van der Waals surface area contributed by atoms with Gasteiger partial charge in [-0.05, 0) is 53.8 Å². The molecule has 0 bridgehead atoms. The minimum atomic E-state index is 0.889. The molecular weight excluding hydrogens is 460 g/mol. The molecule has 0 amide bonds. The molecule has 2 nitrogen and oxygen atoms in total. The van der Waals surface area contributed by atoms with Crippen molar-refractivity contribution in [3.05, 3.63) is 145 Å². The van der Waals surface area contributed by atoms with Gasteiger partial charge < -0.3 is 0 Å². The quantitative estimate of drug-likeness (QED) is 0.241. The van der Waals surface area contributed by atoms with Crippen molar-refractivity contribution in [3.63, 3.8) is 0 Å². The molecule has 38 heavy (non-hydrogen) atoms. The van der Waals surface area contributed by atoms with Crippen molar-refractivity contribution in [2.75, 3.05) is 0 Å². The lowest BCUT2D eigenvalue weighted by molar-refractivity contribution is 1.13. The van der Waals surface area contributed by atoms with Crippen molar-refractivity contribution in [2.24, 2.45) is 0 Å². The van der Waals surface area contributed by atoms with Crippen LogP contribution in [0.1, 0.15) is 11.3 Å². The van der Waals surface area contributed by atoms with E-state index in [1.807, 2.05) is 30.3 Å². The van der Waals surface area contributed by atoms with Crippen LogP contribution in [0.2, 0.25) is 0 Å². The van der Waals surface area contributed by atoms with Crippen LogP contribution >= 0.6 is 0 Å². The van der Waals surface area contributed by atoms with Gasteiger partial charge in [0.15, 0.2) is 0 Å². The molecule has 5 aromatic carbocycles. The largest absolute Gasteiger partial charge is 0.249 e. The summed E-state index contributed by atoms with van der Waals surface area (Å²) in [5.74, 6) is 0. The zero-order chi connectivity index (χ0) is 25.9.